The van der Waals surface area contributed by atoms with E-state index in [1.807, 2.05) is 0 Å². The molecule has 123 valence electrons. The largest absolute Gasteiger partial charge is 0.378 e. The van der Waals surface area contributed by atoms with Crippen molar-refractivity contribution in [3.8, 4) is 0 Å². The molecule has 0 spiro atoms. The van der Waals surface area contributed by atoms with Crippen molar-refractivity contribution in [2.45, 2.75) is 103 Å². The molecule has 0 aromatic rings. The fraction of sp³-hybridized carbons (Fsp3) is 0.850. The molecular weight excluding hydrogens is 256 g/mol. The molecule has 1 heteroatoms. The topological polar surface area (TPSA) is 9.23 Å². The van der Waals surface area contributed by atoms with Crippen LogP contribution in [0.25, 0.3) is 0 Å². The molecule has 0 aliphatic carbocycles. The number of hydrogen-bond acceptors (Lipinski definition) is 1. The van der Waals surface area contributed by atoms with Crippen molar-refractivity contribution in [1.29, 1.82) is 0 Å². The maximum absolute atomic E-state index is 5.44. The zero-order valence-electron chi connectivity index (χ0n) is 14.3. The molecule has 0 amide bonds. The summed E-state index contributed by atoms with van der Waals surface area (Å²) in [4.78, 5) is 0. The predicted octanol–water partition coefficient (Wildman–Crippen LogP) is 6.63. The van der Waals surface area contributed by atoms with Crippen LogP contribution in [0.4, 0.5) is 0 Å². The van der Waals surface area contributed by atoms with Crippen molar-refractivity contribution in [2.75, 3.05) is 6.61 Å². The number of allylic oxidation sites excluding steroid dienone is 2. The molecule has 1 radical (unpaired) electrons. The Kier molecular flexibility index (Phi) is 13.1. The van der Waals surface area contributed by atoms with E-state index < -0.39 is 0 Å². The third-order valence-corrected chi connectivity index (χ3v) is 4.38. The van der Waals surface area contributed by atoms with Crippen LogP contribution < -0.4 is 0 Å². The number of ether oxygens (including phenoxy) is 1. The van der Waals surface area contributed by atoms with Crippen LogP contribution in [-0.4, -0.2) is 12.7 Å². The molecule has 1 heterocycles. The van der Waals surface area contributed by atoms with Crippen LogP contribution in [0.1, 0.15) is 96.8 Å². The molecule has 0 aromatic carbocycles. The Morgan fingerprint density at radius 3 is 2.10 bits per heavy atom. The normalized spacial score (nSPS) is 18.2. The quantitative estimate of drug-likeness (QED) is 0.243. The zero-order chi connectivity index (χ0) is 15.0. The maximum Gasteiger partial charge on any atom is 0.0597 e. The molecule has 0 N–H and O–H groups in total. The van der Waals surface area contributed by atoms with Crippen molar-refractivity contribution in [3.63, 3.8) is 0 Å². The van der Waals surface area contributed by atoms with Gasteiger partial charge in [0.2, 0.25) is 0 Å². The molecule has 0 bridgehead atoms. The summed E-state index contributed by atoms with van der Waals surface area (Å²) in [6.07, 6.45) is 26.6. The van der Waals surface area contributed by atoms with E-state index in [1.165, 1.54) is 89.9 Å². The molecule has 1 fully saturated rings. The van der Waals surface area contributed by atoms with Gasteiger partial charge in [-0.15, -0.1) is 0 Å². The maximum atomic E-state index is 5.44. The van der Waals surface area contributed by atoms with E-state index in [0.29, 0.717) is 6.10 Å². The van der Waals surface area contributed by atoms with Crippen LogP contribution in [0.5, 0.6) is 0 Å². The van der Waals surface area contributed by atoms with Gasteiger partial charge in [0, 0.05) is 6.61 Å². The zero-order valence-corrected chi connectivity index (χ0v) is 14.3. The average Bonchev–Trinajstić information content (AvgIpc) is 2.45. The summed E-state index contributed by atoms with van der Waals surface area (Å²) in [5.74, 6) is 0. The van der Waals surface area contributed by atoms with Gasteiger partial charge in [-0.25, -0.2) is 0 Å². The van der Waals surface area contributed by atoms with E-state index in [9.17, 15) is 0 Å². The number of rotatable bonds is 15. The lowest BCUT2D eigenvalue weighted by atomic mass is 10.0. The highest BCUT2D eigenvalue weighted by Crippen LogP contribution is 2.18. The molecule has 1 nitrogen and oxygen atoms in total. The van der Waals surface area contributed by atoms with Crippen LogP contribution >= 0.6 is 0 Å². The lowest BCUT2D eigenvalue weighted by molar-refractivity contribution is -0.0555. The molecule has 1 unspecified atom stereocenters. The summed E-state index contributed by atoms with van der Waals surface area (Å²) in [6.45, 7) is 3.26. The predicted molar refractivity (Wildman–Crippen MR) is 93.5 cm³/mol. The van der Waals surface area contributed by atoms with Gasteiger partial charge >= 0.3 is 0 Å². The van der Waals surface area contributed by atoms with Gasteiger partial charge in [-0.2, -0.15) is 0 Å². The van der Waals surface area contributed by atoms with Gasteiger partial charge < -0.3 is 4.74 Å². The highest BCUT2D eigenvalue weighted by molar-refractivity contribution is 4.81. The second-order valence-corrected chi connectivity index (χ2v) is 6.46. The first-order valence-corrected chi connectivity index (χ1v) is 9.51. The third kappa shape index (κ3) is 12.0. The lowest BCUT2D eigenvalue weighted by Gasteiger charge is -2.26. The smallest absolute Gasteiger partial charge is 0.0597 e. The minimum atomic E-state index is 0.618. The number of hydrogen-bond donors (Lipinski definition) is 0. The number of unbranched alkanes of at least 4 members (excludes halogenated alkanes) is 11. The van der Waals surface area contributed by atoms with Gasteiger partial charge in [0.25, 0.3) is 0 Å². The fourth-order valence-electron chi connectivity index (χ4n) is 2.81. The standard InChI is InChI=1S/C20H37O/c1-2-3-4-5-6-7-8-9-10-11-12-13-14-15-16-17-20-18-19-21-20/h4,9-10,20H,2-3,5-8,11-19H2,1H3/b10-9-. The Bertz CT molecular complexity index is 230. The van der Waals surface area contributed by atoms with Crippen LogP contribution in [0.15, 0.2) is 12.2 Å². The van der Waals surface area contributed by atoms with E-state index in [0.717, 1.165) is 6.61 Å². The summed E-state index contributed by atoms with van der Waals surface area (Å²) in [5, 5.41) is 0. The van der Waals surface area contributed by atoms with Crippen molar-refractivity contribution < 1.29 is 4.74 Å². The Hall–Kier alpha value is -0.300. The summed E-state index contributed by atoms with van der Waals surface area (Å²) in [7, 11) is 0. The first-order chi connectivity index (χ1) is 10.4. The van der Waals surface area contributed by atoms with E-state index >= 15 is 0 Å². The monoisotopic (exact) mass is 293 g/mol. The van der Waals surface area contributed by atoms with Gasteiger partial charge in [0.05, 0.1) is 6.10 Å². The molecule has 0 aromatic heterocycles. The van der Waals surface area contributed by atoms with Crippen molar-refractivity contribution >= 4 is 0 Å². The molecule has 1 saturated heterocycles. The van der Waals surface area contributed by atoms with Crippen molar-refractivity contribution in [2.24, 2.45) is 0 Å². The van der Waals surface area contributed by atoms with Crippen LogP contribution in [-0.2, 0) is 4.74 Å². The van der Waals surface area contributed by atoms with Gasteiger partial charge in [-0.1, -0.05) is 70.4 Å². The Labute approximate surface area is 133 Å². The van der Waals surface area contributed by atoms with Crippen LogP contribution in [0, 0.1) is 6.42 Å². The Morgan fingerprint density at radius 1 is 0.810 bits per heavy atom. The van der Waals surface area contributed by atoms with Gasteiger partial charge in [0.1, 0.15) is 0 Å². The molecule has 21 heavy (non-hydrogen) atoms. The Morgan fingerprint density at radius 2 is 1.43 bits per heavy atom. The van der Waals surface area contributed by atoms with E-state index in [4.69, 9.17) is 4.74 Å². The van der Waals surface area contributed by atoms with E-state index in [-0.39, 0.29) is 0 Å². The molecular formula is C20H37O. The van der Waals surface area contributed by atoms with Crippen LogP contribution in [0.2, 0.25) is 0 Å². The second kappa shape index (κ2) is 14.6. The van der Waals surface area contributed by atoms with Crippen molar-refractivity contribution in [1.82, 2.24) is 0 Å². The highest BCUT2D eigenvalue weighted by atomic mass is 16.5. The summed E-state index contributed by atoms with van der Waals surface area (Å²) in [6, 6.07) is 0. The summed E-state index contributed by atoms with van der Waals surface area (Å²) < 4.78 is 5.44. The van der Waals surface area contributed by atoms with Gasteiger partial charge in [0.15, 0.2) is 0 Å². The lowest BCUT2D eigenvalue weighted by Crippen LogP contribution is -2.26. The average molecular weight is 294 g/mol. The van der Waals surface area contributed by atoms with E-state index in [1.54, 1.807) is 0 Å². The van der Waals surface area contributed by atoms with Crippen molar-refractivity contribution in [3.05, 3.63) is 18.6 Å². The van der Waals surface area contributed by atoms with E-state index in [2.05, 4.69) is 25.5 Å². The molecule has 0 saturated carbocycles. The summed E-state index contributed by atoms with van der Waals surface area (Å²) >= 11 is 0. The molecule has 1 aliphatic rings. The summed E-state index contributed by atoms with van der Waals surface area (Å²) in [5.41, 5.74) is 0. The first kappa shape index (κ1) is 18.7. The highest BCUT2D eigenvalue weighted by Gasteiger charge is 2.16. The minimum absolute atomic E-state index is 0.618. The van der Waals surface area contributed by atoms with Crippen LogP contribution in [0.3, 0.4) is 0 Å². The molecule has 1 atom stereocenters. The van der Waals surface area contributed by atoms with Gasteiger partial charge in [-0.05, 0) is 44.9 Å². The first-order valence-electron chi connectivity index (χ1n) is 9.51. The fourth-order valence-corrected chi connectivity index (χ4v) is 2.81. The molecule has 1 rings (SSSR count). The minimum Gasteiger partial charge on any atom is -0.378 e. The Balaban J connectivity index is 1.68. The second-order valence-electron chi connectivity index (χ2n) is 6.46. The molecule has 1 aliphatic heterocycles. The third-order valence-electron chi connectivity index (χ3n) is 4.38. The van der Waals surface area contributed by atoms with Gasteiger partial charge in [-0.3, -0.25) is 0 Å². The SMILES string of the molecule is CCC[CH]CCCC/C=C\CCCCCCCC1CCO1.